The Morgan fingerprint density at radius 3 is 2.25 bits per heavy atom. The molecule has 0 aliphatic heterocycles. The van der Waals surface area contributed by atoms with Gasteiger partial charge in [0, 0.05) is 22.2 Å². The van der Waals surface area contributed by atoms with E-state index in [1.54, 1.807) is 24.3 Å². The second-order valence-electron chi connectivity index (χ2n) is 5.76. The van der Waals surface area contributed by atoms with Gasteiger partial charge < -0.3 is 4.98 Å². The highest BCUT2D eigenvalue weighted by Gasteiger charge is 2.73. The van der Waals surface area contributed by atoms with Gasteiger partial charge in [0.2, 0.25) is 0 Å². The lowest BCUT2D eigenvalue weighted by atomic mass is 9.95. The first kappa shape index (κ1) is 20.4. The van der Waals surface area contributed by atoms with E-state index in [1.807, 2.05) is 6.92 Å². The maximum atomic E-state index is 14.2. The van der Waals surface area contributed by atoms with Crippen LogP contribution in [0.2, 0.25) is 0 Å². The van der Waals surface area contributed by atoms with Crippen LogP contribution in [0.15, 0.2) is 41.4 Å². The maximum absolute atomic E-state index is 14.2. The van der Waals surface area contributed by atoms with E-state index >= 15 is 0 Å². The van der Waals surface area contributed by atoms with Crippen LogP contribution in [-0.2, 0) is 5.67 Å². The number of pyridine rings is 1. The molecule has 0 aliphatic rings. The van der Waals surface area contributed by atoms with Crippen LogP contribution in [0.4, 0.5) is 30.7 Å². The molecule has 0 unspecified atom stereocenters. The fraction of sp³-hybridized carbons (Fsp3) is 0.294. The maximum Gasteiger partial charge on any atom is 0.436 e. The molecular formula is C17H12F7N3S. The fourth-order valence-electron chi connectivity index (χ4n) is 2.64. The predicted molar refractivity (Wildman–Crippen MR) is 90.6 cm³/mol. The zero-order chi connectivity index (χ0) is 20.7. The van der Waals surface area contributed by atoms with Crippen molar-refractivity contribution in [3.8, 4) is 11.4 Å². The van der Waals surface area contributed by atoms with Gasteiger partial charge in [-0.2, -0.15) is 26.3 Å². The number of rotatable bonds is 4. The van der Waals surface area contributed by atoms with Crippen LogP contribution in [-0.4, -0.2) is 33.1 Å². The van der Waals surface area contributed by atoms with Gasteiger partial charge in [-0.15, -0.1) is 11.8 Å². The van der Waals surface area contributed by atoms with Gasteiger partial charge in [0.25, 0.3) is 0 Å². The largest absolute Gasteiger partial charge is 0.436 e. The zero-order valence-electron chi connectivity index (χ0n) is 14.1. The first-order valence-corrected chi connectivity index (χ1v) is 8.88. The SMILES string of the molecule is CCSc1ccccc1-c1nc2cc(C(F)(C(F)(F)F)C(F)(F)F)cnc2[nH]1. The van der Waals surface area contributed by atoms with E-state index in [-0.39, 0.29) is 23.2 Å². The van der Waals surface area contributed by atoms with Gasteiger partial charge in [-0.3, -0.25) is 0 Å². The smallest absolute Gasteiger partial charge is 0.323 e. The molecule has 1 N–H and O–H groups in total. The lowest BCUT2D eigenvalue weighted by molar-refractivity contribution is -0.348. The monoisotopic (exact) mass is 423 g/mol. The second-order valence-corrected chi connectivity index (χ2v) is 7.07. The van der Waals surface area contributed by atoms with E-state index in [0.717, 1.165) is 10.6 Å². The molecule has 3 nitrogen and oxygen atoms in total. The standard InChI is InChI=1S/C17H12F7N3S/c1-2-28-12-6-4-3-5-10(12)13-26-11-7-9(8-25-14(11)27-13)15(18,16(19,20)21)17(22,23)24/h3-8H,2H2,1H3,(H,25,26,27). The summed E-state index contributed by atoms with van der Waals surface area (Å²) in [6.07, 6.45) is -12.2. The fourth-order valence-corrected chi connectivity index (χ4v) is 3.45. The van der Waals surface area contributed by atoms with Gasteiger partial charge in [0.05, 0.1) is 0 Å². The molecule has 3 aromatic rings. The lowest BCUT2D eigenvalue weighted by Crippen LogP contribution is -2.50. The number of fused-ring (bicyclic) bond motifs is 1. The highest BCUT2D eigenvalue weighted by atomic mass is 32.2. The molecule has 0 spiro atoms. The highest BCUT2D eigenvalue weighted by molar-refractivity contribution is 7.99. The first-order valence-electron chi connectivity index (χ1n) is 7.90. The molecule has 0 saturated carbocycles. The summed E-state index contributed by atoms with van der Waals surface area (Å²) >= 11 is 1.48. The third-order valence-electron chi connectivity index (χ3n) is 3.96. The molecule has 0 bridgehead atoms. The third kappa shape index (κ3) is 3.31. The number of alkyl halides is 7. The Labute approximate surface area is 158 Å². The molecule has 0 atom stereocenters. The Hall–Kier alpha value is -2.30. The summed E-state index contributed by atoms with van der Waals surface area (Å²) < 4.78 is 91.9. The number of hydrogen-bond donors (Lipinski definition) is 1. The van der Waals surface area contributed by atoms with Gasteiger partial charge in [0.1, 0.15) is 11.3 Å². The van der Waals surface area contributed by atoms with Crippen LogP contribution in [0, 0.1) is 0 Å². The number of hydrogen-bond acceptors (Lipinski definition) is 3. The van der Waals surface area contributed by atoms with Gasteiger partial charge in [-0.05, 0) is 17.9 Å². The molecule has 2 heterocycles. The molecular weight excluding hydrogens is 411 g/mol. The van der Waals surface area contributed by atoms with Crippen molar-refractivity contribution in [1.29, 1.82) is 0 Å². The zero-order valence-corrected chi connectivity index (χ0v) is 14.9. The number of nitrogens with one attached hydrogen (secondary N) is 1. The summed E-state index contributed by atoms with van der Waals surface area (Å²) in [7, 11) is 0. The average molecular weight is 423 g/mol. The molecule has 0 radical (unpaired) electrons. The minimum atomic E-state index is -6.20. The van der Waals surface area contributed by atoms with E-state index < -0.39 is 23.6 Å². The molecule has 150 valence electrons. The number of thioether (sulfide) groups is 1. The number of H-pyrrole nitrogens is 1. The normalized spacial score (nSPS) is 13.3. The van der Waals surface area contributed by atoms with Crippen LogP contribution >= 0.6 is 11.8 Å². The van der Waals surface area contributed by atoms with Crippen molar-refractivity contribution in [2.24, 2.45) is 0 Å². The van der Waals surface area contributed by atoms with Crippen molar-refractivity contribution in [2.75, 3.05) is 5.75 Å². The topological polar surface area (TPSA) is 41.6 Å². The minimum absolute atomic E-state index is 0.0539. The van der Waals surface area contributed by atoms with Crippen LogP contribution in [0.1, 0.15) is 12.5 Å². The molecule has 2 aromatic heterocycles. The highest BCUT2D eigenvalue weighted by Crippen LogP contribution is 2.53. The van der Waals surface area contributed by atoms with Crippen molar-refractivity contribution in [3.63, 3.8) is 0 Å². The van der Waals surface area contributed by atoms with Gasteiger partial charge in [-0.25, -0.2) is 14.4 Å². The summed E-state index contributed by atoms with van der Waals surface area (Å²) in [5.74, 6) is 0.945. The number of halogens is 7. The Morgan fingerprint density at radius 2 is 1.64 bits per heavy atom. The summed E-state index contributed by atoms with van der Waals surface area (Å²) in [6.45, 7) is 1.92. The van der Waals surface area contributed by atoms with E-state index in [0.29, 0.717) is 11.6 Å². The van der Waals surface area contributed by atoms with E-state index in [9.17, 15) is 30.7 Å². The predicted octanol–water partition coefficient (Wildman–Crippen LogP) is 6.03. The van der Waals surface area contributed by atoms with Crippen molar-refractivity contribution in [1.82, 2.24) is 15.0 Å². The third-order valence-corrected chi connectivity index (χ3v) is 4.91. The molecule has 0 fully saturated rings. The van der Waals surface area contributed by atoms with Crippen LogP contribution < -0.4 is 0 Å². The molecule has 0 aliphatic carbocycles. The number of aromatic amines is 1. The van der Waals surface area contributed by atoms with Gasteiger partial charge in [-0.1, -0.05) is 25.1 Å². The van der Waals surface area contributed by atoms with E-state index in [2.05, 4.69) is 15.0 Å². The van der Waals surface area contributed by atoms with Gasteiger partial charge >= 0.3 is 18.0 Å². The van der Waals surface area contributed by atoms with E-state index in [1.165, 1.54) is 11.8 Å². The second kappa shape index (κ2) is 6.94. The first-order chi connectivity index (χ1) is 13.0. The minimum Gasteiger partial charge on any atom is -0.323 e. The number of benzene rings is 1. The Bertz CT molecular complexity index is 980. The van der Waals surface area contributed by atoms with Crippen molar-refractivity contribution < 1.29 is 30.7 Å². The Balaban J connectivity index is 2.14. The number of nitrogens with zero attached hydrogens (tertiary/aromatic N) is 2. The van der Waals surface area contributed by atoms with Gasteiger partial charge in [0.15, 0.2) is 5.65 Å². The van der Waals surface area contributed by atoms with Crippen LogP contribution in [0.25, 0.3) is 22.6 Å². The lowest BCUT2D eigenvalue weighted by Gasteiger charge is -2.29. The molecule has 1 aromatic carbocycles. The van der Waals surface area contributed by atoms with Crippen LogP contribution in [0.3, 0.4) is 0 Å². The summed E-state index contributed by atoms with van der Waals surface area (Å²) in [5.41, 5.74) is -6.97. The van der Waals surface area contributed by atoms with Crippen LogP contribution in [0.5, 0.6) is 0 Å². The Morgan fingerprint density at radius 1 is 1.00 bits per heavy atom. The van der Waals surface area contributed by atoms with Crippen molar-refractivity contribution in [2.45, 2.75) is 29.8 Å². The van der Waals surface area contributed by atoms with Crippen molar-refractivity contribution in [3.05, 3.63) is 42.1 Å². The summed E-state index contributed by atoms with van der Waals surface area (Å²) in [6, 6.07) is 7.40. The summed E-state index contributed by atoms with van der Waals surface area (Å²) in [5, 5.41) is 0. The average Bonchev–Trinajstić information content (AvgIpc) is 3.02. The number of imidazole rings is 1. The Kier molecular flexibility index (Phi) is 5.07. The number of aromatic nitrogens is 3. The quantitative estimate of drug-likeness (QED) is 0.412. The molecule has 3 rings (SSSR count). The molecule has 28 heavy (non-hydrogen) atoms. The molecule has 0 amide bonds. The van der Waals surface area contributed by atoms with E-state index in [4.69, 9.17) is 0 Å². The summed E-state index contributed by atoms with van der Waals surface area (Å²) in [4.78, 5) is 11.1. The molecule has 0 saturated heterocycles. The van der Waals surface area contributed by atoms with Crippen molar-refractivity contribution >= 4 is 22.9 Å². The molecule has 11 heteroatoms.